The predicted octanol–water partition coefficient (Wildman–Crippen LogP) is 21.5. The van der Waals surface area contributed by atoms with E-state index in [0.29, 0.717) is 73.5 Å². The largest absolute Gasteiger partial charge is 0.360 e. The molecule has 0 radical (unpaired) electrons. The monoisotopic (exact) mass is 1640 g/mol. The second-order valence-corrected chi connectivity index (χ2v) is 33.5. The highest BCUT2D eigenvalue weighted by Crippen LogP contribution is 2.46. The van der Waals surface area contributed by atoms with E-state index >= 15 is 0 Å². The number of carbonyl (C=O) groups is 3. The summed E-state index contributed by atoms with van der Waals surface area (Å²) in [6, 6.07) is 69.2. The first-order valence-electron chi connectivity index (χ1n) is 40.3. The Bertz CT molecular complexity index is 4980. The zero-order valence-electron chi connectivity index (χ0n) is 65.4. The lowest BCUT2D eigenvalue weighted by Gasteiger charge is -2.47. The number of ether oxygens (including phenoxy) is 3. The molecule has 2 atom stereocenters. The molecule has 21 heteroatoms. The van der Waals surface area contributed by atoms with E-state index in [4.69, 9.17) is 60.6 Å². The van der Waals surface area contributed by atoms with Gasteiger partial charge in [-0.15, -0.1) is 0 Å². The van der Waals surface area contributed by atoms with Gasteiger partial charge in [-0.2, -0.15) is 15.8 Å². The summed E-state index contributed by atoms with van der Waals surface area (Å²) in [4.78, 5) is 46.3. The Morgan fingerprint density at radius 1 is 0.457 bits per heavy atom. The van der Waals surface area contributed by atoms with Crippen molar-refractivity contribution in [3.05, 3.63) is 265 Å². The van der Waals surface area contributed by atoms with Crippen molar-refractivity contribution in [2.45, 2.75) is 150 Å². The summed E-state index contributed by atoms with van der Waals surface area (Å²) in [5.74, 6) is -1.52. The minimum Gasteiger partial charge on any atom is -0.360 e. The molecule has 2 aliphatic carbocycles. The number of amides is 3. The molecule has 4 aliphatic heterocycles. The first-order valence-corrected chi connectivity index (χ1v) is 41.9. The van der Waals surface area contributed by atoms with Crippen molar-refractivity contribution in [1.29, 1.82) is 15.8 Å². The third-order valence-electron chi connectivity index (χ3n) is 24.1. The summed E-state index contributed by atoms with van der Waals surface area (Å²) in [6.45, 7) is 7.73. The van der Waals surface area contributed by atoms with Crippen LogP contribution < -0.4 is 16.0 Å². The van der Waals surface area contributed by atoms with Gasteiger partial charge in [-0.1, -0.05) is 162 Å². The zero-order valence-corrected chi connectivity index (χ0v) is 68.4. The lowest BCUT2D eigenvalue weighted by Crippen LogP contribution is -2.49. The van der Waals surface area contributed by atoms with Crippen molar-refractivity contribution in [3.63, 3.8) is 0 Å². The molecule has 9 aromatic rings. The molecule has 4 heterocycles. The molecule has 600 valence electrons. The molecule has 116 heavy (non-hydrogen) atoms. The maximum Gasteiger partial charge on any atom is 0.250 e. The summed E-state index contributed by atoms with van der Waals surface area (Å²) in [5.41, 5.74) is 12.2. The number of nitrogens with zero attached hydrogens (tertiary/aromatic N) is 6. The molecular weight excluding hydrogens is 1540 g/mol. The number of nitrogens with one attached hydrogen (secondary N) is 3. The molecule has 0 spiro atoms. The van der Waals surface area contributed by atoms with E-state index in [9.17, 15) is 39.0 Å². The fourth-order valence-corrected chi connectivity index (χ4v) is 18.1. The molecule has 4 saturated heterocycles. The van der Waals surface area contributed by atoms with Gasteiger partial charge in [0.05, 0.1) is 46.6 Å². The molecule has 0 aromatic heterocycles. The highest BCUT2D eigenvalue weighted by atomic mass is 35.5. The number of rotatable bonds is 24. The van der Waals surface area contributed by atoms with Crippen LogP contribution in [0.2, 0.25) is 20.1 Å². The lowest BCUT2D eigenvalue weighted by atomic mass is 9.69. The maximum absolute atomic E-state index is 13.6. The standard InChI is InChI=1S/C33H35Cl2N3O4.C31H31Cl2N3O.C31H31F2N3O/c1-40-32-7-3-6-30(42-32)21-38-14-12-33(13-15-38,41-22-31(39)37-29-18-27(34)17-28(35)19-29)26-10-8-24(9-11-26)25-5-2-4-23(16-25)20-36;32-27-17-28(33)19-29(18-27)35-30(37)10-11-31(12-14-36(15-13-31)21-22-4-5-22)26-8-6-24(7-9-26)25-3-1-2-23(16-25)20-34;32-28-12-11-26(20-29(28)33)35-30(37)13-14-31(15-17-36(18-16-31)27-5-2-6-27)25-9-7-23(8-10-25)24-4-1-3-22(19-24)21-34/h2,4-5,8-11,16-19,30,32H,3,6-7,12-15,21-22H2,1H3,(H,37,39);1-3,6-9,16-19,22H,4-5,10-15,21H2,(H,35,37);1,3-4,7-12,19-20,27H,2,5-6,13-18H2,(H,35,37). The number of halogens is 6. The maximum atomic E-state index is 13.6. The van der Waals surface area contributed by atoms with Gasteiger partial charge in [0.15, 0.2) is 17.9 Å². The minimum atomic E-state index is -0.974. The van der Waals surface area contributed by atoms with Gasteiger partial charge in [0.25, 0.3) is 0 Å². The Morgan fingerprint density at radius 2 is 0.888 bits per heavy atom. The average Bonchev–Trinajstić information content (AvgIpc) is 0.898. The third-order valence-corrected chi connectivity index (χ3v) is 25.0. The van der Waals surface area contributed by atoms with Gasteiger partial charge in [-0.05, 0) is 274 Å². The van der Waals surface area contributed by atoms with E-state index in [1.54, 1.807) is 55.6 Å². The smallest absolute Gasteiger partial charge is 0.250 e. The number of methoxy groups -OCH3 is 1. The summed E-state index contributed by atoms with van der Waals surface area (Å²) >= 11 is 24.4. The number of hydrogen-bond donors (Lipinski definition) is 3. The van der Waals surface area contributed by atoms with Crippen molar-refractivity contribution in [3.8, 4) is 51.6 Å². The quantitative estimate of drug-likeness (QED) is 0.0519. The average molecular weight is 1640 g/mol. The van der Waals surface area contributed by atoms with E-state index in [2.05, 4.69) is 122 Å². The minimum absolute atomic E-state index is 0.0249. The van der Waals surface area contributed by atoms with Crippen LogP contribution in [0.1, 0.15) is 149 Å². The number of benzene rings is 9. The summed E-state index contributed by atoms with van der Waals surface area (Å²) in [5, 5.41) is 38.2. The van der Waals surface area contributed by atoms with Gasteiger partial charge >= 0.3 is 0 Å². The van der Waals surface area contributed by atoms with Gasteiger partial charge in [0, 0.05) is 95.4 Å². The topological polar surface area (TPSA) is 196 Å². The van der Waals surface area contributed by atoms with Crippen LogP contribution in [0.3, 0.4) is 0 Å². The van der Waals surface area contributed by atoms with Crippen molar-refractivity contribution >= 4 is 81.2 Å². The number of likely N-dealkylation sites (tertiary alicyclic amines) is 3. The number of nitriles is 3. The van der Waals surface area contributed by atoms with Crippen LogP contribution in [0.5, 0.6) is 0 Å². The number of carbonyl (C=O) groups excluding carboxylic acids is 3. The SMILES string of the molecule is COC1CCCC(CN2CCC(OCC(=O)Nc3cc(Cl)cc(Cl)c3)(c3ccc(-c4cccc(C#N)c4)cc3)CC2)O1.N#Cc1cccc(-c2ccc(C3(CCC(=O)Nc4cc(Cl)cc(Cl)c4)CCN(CC4CC4)CC3)cc2)c1.N#Cc1cccc(-c2ccc(C3(CCC(=O)Nc4ccc(F)c(F)c4)CCN(C4CCC4)CC3)cc2)c1. The molecule has 0 bridgehead atoms. The van der Waals surface area contributed by atoms with Crippen LogP contribution in [0.4, 0.5) is 25.8 Å². The molecule has 9 aromatic carbocycles. The highest BCUT2D eigenvalue weighted by Gasteiger charge is 2.42. The molecule has 3 amide bonds. The summed E-state index contributed by atoms with van der Waals surface area (Å²) < 4.78 is 44.9. The molecule has 15 rings (SSSR count). The van der Waals surface area contributed by atoms with Gasteiger partial charge < -0.3 is 44.9 Å². The fourth-order valence-electron chi connectivity index (χ4n) is 17.0. The summed E-state index contributed by atoms with van der Waals surface area (Å²) in [6.07, 6.45) is 17.4. The molecule has 3 N–H and O–H groups in total. The first kappa shape index (κ1) is 84.6. The molecule has 2 saturated carbocycles. The number of piperidine rings is 3. The Morgan fingerprint density at radius 3 is 1.33 bits per heavy atom. The van der Waals surface area contributed by atoms with Crippen molar-refractivity contribution in [2.75, 3.05) is 82.0 Å². The fraction of sp³-hybridized carbons (Fsp3) is 0.368. The second kappa shape index (κ2) is 39.7. The number of anilines is 3. The first-order chi connectivity index (χ1) is 56.2. The van der Waals surface area contributed by atoms with Gasteiger partial charge in [0.2, 0.25) is 17.7 Å². The van der Waals surface area contributed by atoms with E-state index in [-0.39, 0.29) is 53.2 Å². The van der Waals surface area contributed by atoms with Gasteiger partial charge in [-0.3, -0.25) is 14.4 Å². The second-order valence-electron chi connectivity index (χ2n) is 31.8. The summed E-state index contributed by atoms with van der Waals surface area (Å²) in [7, 11) is 1.70. The highest BCUT2D eigenvalue weighted by molar-refractivity contribution is 6.35. The van der Waals surface area contributed by atoms with Crippen LogP contribution in [-0.2, 0) is 45.0 Å². The zero-order chi connectivity index (χ0) is 81.2. The van der Waals surface area contributed by atoms with Crippen molar-refractivity contribution < 1.29 is 37.4 Å². The molecule has 6 aliphatic rings. The Labute approximate surface area is 699 Å². The van der Waals surface area contributed by atoms with Gasteiger partial charge in [0.1, 0.15) is 6.61 Å². The van der Waals surface area contributed by atoms with Crippen LogP contribution >= 0.6 is 46.4 Å². The Hall–Kier alpha value is -9.36. The lowest BCUT2D eigenvalue weighted by molar-refractivity contribution is -0.186. The third kappa shape index (κ3) is 22.7. The van der Waals surface area contributed by atoms with E-state index in [1.165, 1.54) is 55.8 Å². The Kier molecular flexibility index (Phi) is 29.0. The van der Waals surface area contributed by atoms with E-state index in [1.807, 2.05) is 60.7 Å². The van der Waals surface area contributed by atoms with Gasteiger partial charge in [-0.25, -0.2) is 8.78 Å². The van der Waals surface area contributed by atoms with E-state index in [0.717, 1.165) is 167 Å². The number of hydrogen-bond acceptors (Lipinski definition) is 12. The van der Waals surface area contributed by atoms with Crippen LogP contribution in [-0.4, -0.2) is 117 Å². The van der Waals surface area contributed by atoms with Crippen molar-refractivity contribution in [1.82, 2.24) is 14.7 Å². The normalized spacial score (nSPS) is 18.5. The van der Waals surface area contributed by atoms with E-state index < -0.39 is 17.2 Å². The molecule has 15 nitrogen and oxygen atoms in total. The Balaban J connectivity index is 0.000000152. The molecular formula is C95H97Cl4F2N9O6. The predicted molar refractivity (Wildman–Crippen MR) is 456 cm³/mol. The van der Waals surface area contributed by atoms with Crippen LogP contribution in [0.25, 0.3) is 33.4 Å². The van der Waals surface area contributed by atoms with Crippen LogP contribution in [0.15, 0.2) is 200 Å². The molecule has 6 fully saturated rings. The van der Waals surface area contributed by atoms with Crippen molar-refractivity contribution in [2.24, 2.45) is 5.92 Å². The van der Waals surface area contributed by atoms with Crippen LogP contribution in [0, 0.1) is 51.5 Å². The molecule has 2 unspecified atom stereocenters.